The Hall–Kier alpha value is -4.27. The maximum Gasteiger partial charge on any atom is 0.410 e. The van der Waals surface area contributed by atoms with Gasteiger partial charge in [0, 0.05) is 26.1 Å². The van der Waals surface area contributed by atoms with Gasteiger partial charge in [-0.05, 0) is 128 Å². The first-order chi connectivity index (χ1) is 32.6. The molecule has 408 valence electrons. The van der Waals surface area contributed by atoms with Crippen molar-refractivity contribution < 1.29 is 82.3 Å². The highest BCUT2D eigenvalue weighted by atomic mass is 16.7. The molecule has 24 heteroatoms. The van der Waals surface area contributed by atoms with E-state index in [-0.39, 0.29) is 32.5 Å². The van der Waals surface area contributed by atoms with Crippen molar-refractivity contribution in [2.75, 3.05) is 46.4 Å². The van der Waals surface area contributed by atoms with E-state index in [0.717, 1.165) is 4.90 Å². The summed E-state index contributed by atoms with van der Waals surface area (Å²) in [7, 11) is 1.32. The molecule has 0 aromatic rings. The minimum absolute atomic E-state index is 0.0110. The van der Waals surface area contributed by atoms with Gasteiger partial charge in [0.25, 0.3) is 0 Å². The van der Waals surface area contributed by atoms with Crippen molar-refractivity contribution in [3.8, 4) is 0 Å². The Bertz CT molecular complexity index is 1860. The molecule has 24 nitrogen and oxygen atoms in total. The molecule has 4 rings (SSSR count). The fourth-order valence-electron chi connectivity index (χ4n) is 8.35. The molecule has 1 unspecified atom stereocenters. The van der Waals surface area contributed by atoms with Gasteiger partial charge < -0.3 is 95.1 Å². The molecule has 0 aromatic carbocycles. The van der Waals surface area contributed by atoms with Crippen LogP contribution in [0.25, 0.3) is 0 Å². The molecule has 1 saturated carbocycles. The molecule has 10 N–H and O–H groups in total. The van der Waals surface area contributed by atoms with Crippen LogP contribution >= 0.6 is 0 Å². The summed E-state index contributed by atoms with van der Waals surface area (Å²) in [6.45, 7) is 22.2. The van der Waals surface area contributed by atoms with E-state index in [2.05, 4.69) is 21.3 Å². The van der Waals surface area contributed by atoms with Crippen LogP contribution in [0, 0.1) is 5.92 Å². The lowest BCUT2D eigenvalue weighted by Gasteiger charge is -2.50. The molecule has 0 bridgehead atoms. The van der Waals surface area contributed by atoms with Crippen LogP contribution < -0.4 is 27.0 Å². The molecule has 3 fully saturated rings. The van der Waals surface area contributed by atoms with Gasteiger partial charge in [0.1, 0.15) is 64.3 Å². The number of hydrogen-bond donors (Lipinski definition) is 9. The monoisotopic (exact) mass is 1020 g/mol. The quantitative estimate of drug-likeness (QED) is 0.0824. The highest BCUT2D eigenvalue weighted by Crippen LogP contribution is 2.35. The van der Waals surface area contributed by atoms with E-state index in [1.165, 1.54) is 18.9 Å². The second-order valence-electron chi connectivity index (χ2n) is 22.9. The molecule has 4 aliphatic rings. The zero-order chi connectivity index (χ0) is 53.6. The predicted octanol–water partition coefficient (Wildman–Crippen LogP) is 1.29. The maximum absolute atomic E-state index is 14.1. The highest BCUT2D eigenvalue weighted by Gasteiger charge is 2.55. The molecule has 3 heterocycles. The van der Waals surface area contributed by atoms with Gasteiger partial charge in [0.2, 0.25) is 12.2 Å². The molecule has 5 amide bonds. The van der Waals surface area contributed by atoms with Crippen LogP contribution in [-0.2, 0) is 42.7 Å². The number of aliphatic hydroxyl groups excluding tert-OH is 3. The number of likely N-dealkylation sites (tertiary alicyclic amines) is 1. The standard InChI is InChI=1S/C47H83N7O17/c1-43(2,3)68-39(59)51-27-17-16-26(21-49-19-15-18-48)65-37(27)66-34-29(52-40(60)69-44(4,5)6)20-28(50-36(58)30(55)25-22-54(23-25)42(62)71-46(10,11)12)33(31(34)56)67-38-32(57)35(47(13,63)24-64-38)53(14)41(61)70-45(7,8)9/h16,25,27-35,37-38,49,55-57,63H,15,17-24,48H2,1-14H3,(H,50,58)(H,51,59)(H,52,60)/t27-,28-,29+,30?,31-,32-,33+,34-,35-,37-,38-,47+/m1/s1. The number of alkyl carbamates (subject to hydrolysis) is 2. The second kappa shape index (κ2) is 23.7. The average Bonchev–Trinajstić information content (AvgIpc) is 3.17. The van der Waals surface area contributed by atoms with Gasteiger partial charge in [-0.1, -0.05) is 0 Å². The molecule has 0 radical (unpaired) electrons. The Kier molecular flexibility index (Phi) is 19.8. The van der Waals surface area contributed by atoms with Crippen LogP contribution in [0.15, 0.2) is 11.8 Å². The first-order valence-electron chi connectivity index (χ1n) is 24.3. The van der Waals surface area contributed by atoms with E-state index in [1.807, 2.05) is 0 Å². The number of likely N-dealkylation sites (N-methyl/N-ethyl adjacent to an activating group) is 1. The van der Waals surface area contributed by atoms with Crippen LogP contribution in [0.4, 0.5) is 19.2 Å². The molecule has 2 saturated heterocycles. The van der Waals surface area contributed by atoms with Gasteiger partial charge in [-0.15, -0.1) is 0 Å². The number of nitrogens with two attached hydrogens (primary N) is 1. The van der Waals surface area contributed by atoms with Crippen LogP contribution in [0.1, 0.15) is 109 Å². The van der Waals surface area contributed by atoms with Crippen molar-refractivity contribution in [2.45, 2.75) is 205 Å². The van der Waals surface area contributed by atoms with E-state index < -0.39 is 138 Å². The van der Waals surface area contributed by atoms with Crippen molar-refractivity contribution >= 4 is 30.3 Å². The molecular formula is C47H83N7O17. The predicted molar refractivity (Wildman–Crippen MR) is 254 cm³/mol. The normalized spacial score (nSPS) is 30.1. The minimum Gasteiger partial charge on any atom is -0.466 e. The van der Waals surface area contributed by atoms with Crippen molar-refractivity contribution in [3.63, 3.8) is 0 Å². The van der Waals surface area contributed by atoms with Gasteiger partial charge in [-0.3, -0.25) is 4.79 Å². The Balaban J connectivity index is 1.75. The lowest BCUT2D eigenvalue weighted by molar-refractivity contribution is -0.311. The SMILES string of the molecule is CN(C(=O)OC(C)(C)C)[C@@H]1[C@@H](O)[C@@H](O[C@@H]2[C@@H](O)[C@H](O[C@H]3OC(CNCCCN)=CC[C@H]3NC(=O)OC(C)(C)C)[C@@H](NC(=O)OC(C)(C)C)C[C@H]2NC(=O)C(O)C2CN(C(=O)OC(C)(C)C)C2)OC[C@]1(C)O. The average molecular weight is 1020 g/mol. The molecule has 1 aliphatic carbocycles. The summed E-state index contributed by atoms with van der Waals surface area (Å²) in [5, 5.41) is 59.0. The van der Waals surface area contributed by atoms with Crippen molar-refractivity contribution in [3.05, 3.63) is 11.8 Å². The molecule has 12 atom stereocenters. The molecule has 71 heavy (non-hydrogen) atoms. The van der Waals surface area contributed by atoms with E-state index in [4.69, 9.17) is 43.6 Å². The van der Waals surface area contributed by atoms with Crippen molar-refractivity contribution in [2.24, 2.45) is 11.7 Å². The van der Waals surface area contributed by atoms with Crippen LogP contribution in [0.2, 0.25) is 0 Å². The third-order valence-electron chi connectivity index (χ3n) is 11.5. The highest BCUT2D eigenvalue weighted by molar-refractivity contribution is 5.82. The van der Waals surface area contributed by atoms with Crippen molar-refractivity contribution in [1.29, 1.82) is 0 Å². The number of nitrogens with one attached hydrogen (secondary N) is 4. The third kappa shape index (κ3) is 17.7. The summed E-state index contributed by atoms with van der Waals surface area (Å²) in [5.74, 6) is -1.22. The summed E-state index contributed by atoms with van der Waals surface area (Å²) in [6, 6.07) is -4.90. The summed E-state index contributed by atoms with van der Waals surface area (Å²) < 4.78 is 47.4. The van der Waals surface area contributed by atoms with E-state index in [1.54, 1.807) is 89.2 Å². The number of amides is 5. The maximum atomic E-state index is 14.1. The molecule has 3 aliphatic heterocycles. The Morgan fingerprint density at radius 1 is 0.803 bits per heavy atom. The lowest BCUT2D eigenvalue weighted by atomic mass is 9.82. The zero-order valence-corrected chi connectivity index (χ0v) is 43.9. The largest absolute Gasteiger partial charge is 0.466 e. The smallest absolute Gasteiger partial charge is 0.410 e. The minimum atomic E-state index is -1.87. The van der Waals surface area contributed by atoms with Gasteiger partial charge in [0.05, 0.1) is 37.3 Å². The van der Waals surface area contributed by atoms with Crippen LogP contribution in [0.3, 0.4) is 0 Å². The summed E-state index contributed by atoms with van der Waals surface area (Å²) >= 11 is 0. The molecular weight excluding hydrogens is 935 g/mol. The van der Waals surface area contributed by atoms with E-state index in [9.17, 15) is 44.4 Å². The number of hydrogen-bond acceptors (Lipinski definition) is 19. The fraction of sp³-hybridized carbons (Fsp3) is 0.851. The Morgan fingerprint density at radius 3 is 1.86 bits per heavy atom. The number of carbonyl (C=O) groups is 5. The van der Waals surface area contributed by atoms with Crippen LogP contribution in [-0.4, -0.2) is 202 Å². The van der Waals surface area contributed by atoms with E-state index in [0.29, 0.717) is 25.3 Å². The summed E-state index contributed by atoms with van der Waals surface area (Å²) in [6.07, 6.45) is -12.5. The Morgan fingerprint density at radius 2 is 1.32 bits per heavy atom. The molecule has 0 spiro atoms. The second-order valence-corrected chi connectivity index (χ2v) is 22.9. The number of nitrogens with zero attached hydrogens (tertiary/aromatic N) is 2. The molecule has 0 aromatic heterocycles. The topological polar surface area (TPSA) is 321 Å². The lowest BCUT2D eigenvalue weighted by Crippen LogP contribution is -2.71. The van der Waals surface area contributed by atoms with Gasteiger partial charge >= 0.3 is 24.4 Å². The number of carbonyl (C=O) groups excluding carboxylic acids is 5. The number of aliphatic hydroxyl groups is 4. The van der Waals surface area contributed by atoms with E-state index >= 15 is 0 Å². The van der Waals surface area contributed by atoms with Gasteiger partial charge in [-0.2, -0.15) is 0 Å². The summed E-state index contributed by atoms with van der Waals surface area (Å²) in [4.78, 5) is 69.2. The fourth-order valence-corrected chi connectivity index (χ4v) is 8.35. The number of ether oxygens (including phenoxy) is 8. The first-order valence-corrected chi connectivity index (χ1v) is 24.3. The zero-order valence-electron chi connectivity index (χ0n) is 43.9. The Labute approximate surface area is 417 Å². The van der Waals surface area contributed by atoms with Gasteiger partial charge in [0.15, 0.2) is 6.29 Å². The van der Waals surface area contributed by atoms with Crippen molar-refractivity contribution in [1.82, 2.24) is 31.1 Å². The van der Waals surface area contributed by atoms with Crippen LogP contribution in [0.5, 0.6) is 0 Å². The van der Waals surface area contributed by atoms with Gasteiger partial charge in [-0.25, -0.2) is 19.2 Å². The first kappa shape index (κ1) is 59.3. The number of rotatable bonds is 15. The summed E-state index contributed by atoms with van der Waals surface area (Å²) in [5.41, 5.74) is 0.230. The third-order valence-corrected chi connectivity index (χ3v) is 11.5.